The quantitative estimate of drug-likeness (QED) is 0.898. The SMILES string of the molecule is Cl.O=C(O)c1cccc(NC(=O)c2ccc(Cl)cc2F)c1. The molecule has 2 N–H and O–H groups in total. The fraction of sp³-hybridized carbons (Fsp3) is 0. The van der Waals surface area contributed by atoms with Gasteiger partial charge in [0.15, 0.2) is 0 Å². The van der Waals surface area contributed by atoms with Crippen molar-refractivity contribution in [3.63, 3.8) is 0 Å². The third-order valence-corrected chi connectivity index (χ3v) is 2.78. The Bertz CT molecular complexity index is 692. The van der Waals surface area contributed by atoms with Crippen molar-refractivity contribution >= 4 is 41.6 Å². The number of halogens is 3. The van der Waals surface area contributed by atoms with E-state index in [1.54, 1.807) is 0 Å². The summed E-state index contributed by atoms with van der Waals surface area (Å²) in [4.78, 5) is 22.7. The Morgan fingerprint density at radius 1 is 1.14 bits per heavy atom. The van der Waals surface area contributed by atoms with Gasteiger partial charge in [-0.2, -0.15) is 0 Å². The zero-order chi connectivity index (χ0) is 14.7. The molecule has 0 spiro atoms. The molecule has 0 fully saturated rings. The predicted molar refractivity (Wildman–Crippen MR) is 80.0 cm³/mol. The first-order chi connectivity index (χ1) is 9.47. The fourth-order valence-corrected chi connectivity index (χ4v) is 1.76. The molecule has 21 heavy (non-hydrogen) atoms. The molecule has 0 unspecified atom stereocenters. The summed E-state index contributed by atoms with van der Waals surface area (Å²) in [6.45, 7) is 0. The molecule has 1 amide bonds. The van der Waals surface area contributed by atoms with Crippen LogP contribution in [-0.2, 0) is 0 Å². The summed E-state index contributed by atoms with van der Waals surface area (Å²) < 4.78 is 13.6. The normalized spacial score (nSPS) is 9.62. The number of anilines is 1. The van der Waals surface area contributed by atoms with Crippen LogP contribution in [0.1, 0.15) is 20.7 Å². The Morgan fingerprint density at radius 2 is 1.86 bits per heavy atom. The molecular formula is C14H10Cl2FNO3. The zero-order valence-corrected chi connectivity index (χ0v) is 12.0. The van der Waals surface area contributed by atoms with Crippen molar-refractivity contribution < 1.29 is 19.1 Å². The molecule has 7 heteroatoms. The number of hydrogen-bond donors (Lipinski definition) is 2. The summed E-state index contributed by atoms with van der Waals surface area (Å²) in [7, 11) is 0. The van der Waals surface area contributed by atoms with E-state index < -0.39 is 17.7 Å². The van der Waals surface area contributed by atoms with Gasteiger partial charge in [0, 0.05) is 10.7 Å². The van der Waals surface area contributed by atoms with Crippen LogP contribution in [-0.4, -0.2) is 17.0 Å². The molecule has 0 aliphatic heterocycles. The Balaban J connectivity index is 0.00000220. The van der Waals surface area contributed by atoms with Gasteiger partial charge in [0.2, 0.25) is 0 Å². The molecule has 0 saturated heterocycles. The van der Waals surface area contributed by atoms with Crippen LogP contribution in [0.3, 0.4) is 0 Å². The van der Waals surface area contributed by atoms with E-state index in [1.165, 1.54) is 36.4 Å². The first kappa shape index (κ1) is 16.9. The van der Waals surface area contributed by atoms with Crippen molar-refractivity contribution in [2.45, 2.75) is 0 Å². The van der Waals surface area contributed by atoms with Gasteiger partial charge in [-0.3, -0.25) is 4.79 Å². The van der Waals surface area contributed by atoms with Gasteiger partial charge in [-0.15, -0.1) is 12.4 Å². The van der Waals surface area contributed by atoms with Crippen LogP contribution in [0.2, 0.25) is 5.02 Å². The first-order valence-corrected chi connectivity index (χ1v) is 5.95. The summed E-state index contributed by atoms with van der Waals surface area (Å²) in [5.74, 6) is -2.54. The number of rotatable bonds is 3. The lowest BCUT2D eigenvalue weighted by Gasteiger charge is -2.07. The standard InChI is InChI=1S/C14H9ClFNO3.ClH/c15-9-4-5-11(12(16)7-9)13(18)17-10-3-1-2-8(6-10)14(19)20;/h1-7H,(H,17,18)(H,19,20);1H. The predicted octanol–water partition coefficient (Wildman–Crippen LogP) is 3.85. The maximum Gasteiger partial charge on any atom is 0.335 e. The largest absolute Gasteiger partial charge is 0.478 e. The number of nitrogens with one attached hydrogen (secondary N) is 1. The van der Waals surface area contributed by atoms with Crippen molar-refractivity contribution in [1.82, 2.24) is 0 Å². The fourth-order valence-electron chi connectivity index (χ4n) is 1.60. The molecule has 0 atom stereocenters. The molecule has 2 aromatic carbocycles. The summed E-state index contributed by atoms with van der Waals surface area (Å²) in [5, 5.41) is 11.5. The number of carboxylic acids is 1. The van der Waals surface area contributed by atoms with Gasteiger partial charge in [0.25, 0.3) is 5.91 Å². The average Bonchev–Trinajstić information content (AvgIpc) is 2.38. The number of carboxylic acid groups (broad SMARTS) is 1. The number of carbonyl (C=O) groups excluding carboxylic acids is 1. The molecule has 2 aromatic rings. The van der Waals surface area contributed by atoms with E-state index in [0.717, 1.165) is 6.07 Å². The Labute approximate surface area is 131 Å². The molecule has 0 bridgehead atoms. The van der Waals surface area contributed by atoms with Crippen molar-refractivity contribution in [2.75, 3.05) is 5.32 Å². The van der Waals surface area contributed by atoms with Crippen molar-refractivity contribution in [3.05, 3.63) is 64.4 Å². The lowest BCUT2D eigenvalue weighted by molar-refractivity contribution is 0.0696. The monoisotopic (exact) mass is 329 g/mol. The van der Waals surface area contributed by atoms with Gasteiger partial charge < -0.3 is 10.4 Å². The zero-order valence-electron chi connectivity index (χ0n) is 10.5. The molecule has 0 aliphatic rings. The van der Waals surface area contributed by atoms with Crippen LogP contribution < -0.4 is 5.32 Å². The molecule has 4 nitrogen and oxygen atoms in total. The highest BCUT2D eigenvalue weighted by atomic mass is 35.5. The molecular weight excluding hydrogens is 320 g/mol. The summed E-state index contributed by atoms with van der Waals surface area (Å²) in [6, 6.07) is 9.36. The number of hydrogen-bond acceptors (Lipinski definition) is 2. The lowest BCUT2D eigenvalue weighted by atomic mass is 10.1. The summed E-state index contributed by atoms with van der Waals surface area (Å²) in [5.41, 5.74) is 0.124. The number of benzene rings is 2. The van der Waals surface area contributed by atoms with Gasteiger partial charge in [-0.25, -0.2) is 9.18 Å². The second-order valence-electron chi connectivity index (χ2n) is 3.96. The van der Waals surface area contributed by atoms with E-state index in [-0.39, 0.29) is 34.2 Å². The van der Waals surface area contributed by atoms with E-state index in [2.05, 4.69) is 5.32 Å². The van der Waals surface area contributed by atoms with E-state index in [9.17, 15) is 14.0 Å². The van der Waals surface area contributed by atoms with Crippen LogP contribution >= 0.6 is 24.0 Å². The van der Waals surface area contributed by atoms with Crippen LogP contribution in [0.5, 0.6) is 0 Å². The second kappa shape index (κ2) is 7.06. The van der Waals surface area contributed by atoms with Crippen LogP contribution in [0, 0.1) is 5.82 Å². The van der Waals surface area contributed by atoms with Gasteiger partial charge in [-0.05, 0) is 36.4 Å². The second-order valence-corrected chi connectivity index (χ2v) is 4.40. The topological polar surface area (TPSA) is 66.4 Å². The third kappa shape index (κ3) is 4.18. The highest BCUT2D eigenvalue weighted by Gasteiger charge is 2.13. The molecule has 0 aliphatic carbocycles. The molecule has 0 radical (unpaired) electrons. The molecule has 0 heterocycles. The molecule has 2 rings (SSSR count). The number of aromatic carboxylic acids is 1. The van der Waals surface area contributed by atoms with Gasteiger partial charge >= 0.3 is 5.97 Å². The van der Waals surface area contributed by atoms with E-state index >= 15 is 0 Å². The van der Waals surface area contributed by atoms with E-state index in [0.29, 0.717) is 0 Å². The lowest BCUT2D eigenvalue weighted by Crippen LogP contribution is -2.14. The highest BCUT2D eigenvalue weighted by molar-refractivity contribution is 6.30. The molecule has 110 valence electrons. The maximum absolute atomic E-state index is 13.6. The minimum absolute atomic E-state index is 0. The van der Waals surface area contributed by atoms with E-state index in [4.69, 9.17) is 16.7 Å². The summed E-state index contributed by atoms with van der Waals surface area (Å²) in [6.07, 6.45) is 0. The van der Waals surface area contributed by atoms with Gasteiger partial charge in [0.05, 0.1) is 11.1 Å². The number of amides is 1. The minimum Gasteiger partial charge on any atom is -0.478 e. The Morgan fingerprint density at radius 3 is 2.48 bits per heavy atom. The highest BCUT2D eigenvalue weighted by Crippen LogP contribution is 2.17. The average molecular weight is 330 g/mol. The van der Waals surface area contributed by atoms with Crippen LogP contribution in [0.25, 0.3) is 0 Å². The van der Waals surface area contributed by atoms with Crippen molar-refractivity contribution in [3.8, 4) is 0 Å². The Hall–Kier alpha value is -2.11. The first-order valence-electron chi connectivity index (χ1n) is 5.57. The summed E-state index contributed by atoms with van der Waals surface area (Å²) >= 11 is 5.60. The van der Waals surface area contributed by atoms with Crippen molar-refractivity contribution in [2.24, 2.45) is 0 Å². The maximum atomic E-state index is 13.6. The van der Waals surface area contributed by atoms with E-state index in [1.807, 2.05) is 0 Å². The molecule has 0 saturated carbocycles. The minimum atomic E-state index is -1.11. The third-order valence-electron chi connectivity index (χ3n) is 2.54. The van der Waals surface area contributed by atoms with Crippen LogP contribution in [0.15, 0.2) is 42.5 Å². The van der Waals surface area contributed by atoms with Gasteiger partial charge in [-0.1, -0.05) is 17.7 Å². The van der Waals surface area contributed by atoms with Crippen LogP contribution in [0.4, 0.5) is 10.1 Å². The number of carbonyl (C=O) groups is 2. The van der Waals surface area contributed by atoms with Crippen molar-refractivity contribution in [1.29, 1.82) is 0 Å². The smallest absolute Gasteiger partial charge is 0.335 e. The Kier molecular flexibility index (Phi) is 5.69. The van der Waals surface area contributed by atoms with Gasteiger partial charge in [0.1, 0.15) is 5.82 Å². The molecule has 0 aromatic heterocycles.